The van der Waals surface area contributed by atoms with Crippen LogP contribution in [0.4, 0.5) is 8.78 Å². The molecule has 0 aromatic heterocycles. The van der Waals surface area contributed by atoms with Crippen molar-refractivity contribution < 1.29 is 18.3 Å². The number of fused-ring (bicyclic) bond motifs is 1. The van der Waals surface area contributed by atoms with Gasteiger partial charge in [-0.15, -0.1) is 0 Å². The van der Waals surface area contributed by atoms with Crippen LogP contribution in [-0.2, 0) is 11.2 Å². The van der Waals surface area contributed by atoms with Crippen molar-refractivity contribution in [2.45, 2.75) is 51.0 Å². The van der Waals surface area contributed by atoms with Crippen LogP contribution in [0.15, 0.2) is 18.2 Å². The van der Waals surface area contributed by atoms with E-state index in [-0.39, 0.29) is 37.1 Å². The monoisotopic (exact) mass is 309 g/mol. The molecule has 2 aliphatic rings. The lowest BCUT2D eigenvalue weighted by Gasteiger charge is -2.35. The van der Waals surface area contributed by atoms with E-state index < -0.39 is 5.92 Å². The van der Waals surface area contributed by atoms with Gasteiger partial charge in [0.2, 0.25) is 11.8 Å². The average Bonchev–Trinajstić information content (AvgIpc) is 2.45. The van der Waals surface area contributed by atoms with Gasteiger partial charge in [0, 0.05) is 31.2 Å². The summed E-state index contributed by atoms with van der Waals surface area (Å²) in [5, 5.41) is 2.99. The Morgan fingerprint density at radius 1 is 1.41 bits per heavy atom. The number of carbonyl (C=O) groups excluding carboxylic acids is 1. The summed E-state index contributed by atoms with van der Waals surface area (Å²) < 4.78 is 31.4. The lowest BCUT2D eigenvalue weighted by molar-refractivity contribution is -0.134. The van der Waals surface area contributed by atoms with Crippen LogP contribution in [0, 0.1) is 5.92 Å². The van der Waals surface area contributed by atoms with Gasteiger partial charge in [0.05, 0.1) is 12.6 Å². The van der Waals surface area contributed by atoms with Crippen LogP contribution < -0.4 is 10.1 Å². The molecule has 120 valence electrons. The zero-order chi connectivity index (χ0) is 15.7. The number of benzene rings is 1. The van der Waals surface area contributed by atoms with E-state index in [4.69, 9.17) is 4.74 Å². The normalized spacial score (nSPS) is 23.1. The Bertz CT molecular complexity index is 566. The topological polar surface area (TPSA) is 38.3 Å². The number of nitrogens with one attached hydrogen (secondary N) is 1. The number of hydrogen-bond donors (Lipinski definition) is 1. The van der Waals surface area contributed by atoms with Crippen molar-refractivity contribution in [1.29, 1.82) is 0 Å². The maximum atomic E-state index is 12.8. The number of ether oxygens (including phenoxy) is 1. The minimum atomic E-state index is -2.56. The number of aryl methyl sites for hydroxylation is 1. The van der Waals surface area contributed by atoms with E-state index in [1.807, 2.05) is 18.2 Å². The summed E-state index contributed by atoms with van der Waals surface area (Å²) in [5.74, 6) is -2.01. The van der Waals surface area contributed by atoms with Gasteiger partial charge in [0.25, 0.3) is 0 Å². The molecular weight excluding hydrogens is 288 g/mol. The highest BCUT2D eigenvalue weighted by Gasteiger charge is 2.45. The highest BCUT2D eigenvalue weighted by atomic mass is 19.3. The molecule has 1 atom stereocenters. The highest BCUT2D eigenvalue weighted by Crippen LogP contribution is 2.44. The predicted octanol–water partition coefficient (Wildman–Crippen LogP) is 3.62. The number of hydrogen-bond acceptors (Lipinski definition) is 2. The van der Waals surface area contributed by atoms with Crippen molar-refractivity contribution in [3.8, 4) is 5.75 Å². The summed E-state index contributed by atoms with van der Waals surface area (Å²) in [7, 11) is 0. The third kappa shape index (κ3) is 3.08. The van der Waals surface area contributed by atoms with Crippen LogP contribution in [0.2, 0.25) is 0 Å². The fourth-order valence-corrected chi connectivity index (χ4v) is 3.36. The third-order valence-corrected chi connectivity index (χ3v) is 4.52. The van der Waals surface area contributed by atoms with Crippen molar-refractivity contribution in [3.05, 3.63) is 29.3 Å². The van der Waals surface area contributed by atoms with E-state index in [9.17, 15) is 13.6 Å². The molecule has 1 aliphatic carbocycles. The van der Waals surface area contributed by atoms with E-state index in [1.54, 1.807) is 0 Å². The van der Waals surface area contributed by atoms with Gasteiger partial charge in [0.15, 0.2) is 0 Å². The maximum Gasteiger partial charge on any atom is 0.248 e. The first kappa shape index (κ1) is 15.3. The molecule has 1 amide bonds. The van der Waals surface area contributed by atoms with Gasteiger partial charge >= 0.3 is 0 Å². The van der Waals surface area contributed by atoms with Crippen LogP contribution in [0.3, 0.4) is 0 Å². The van der Waals surface area contributed by atoms with Crippen LogP contribution >= 0.6 is 0 Å². The minimum Gasteiger partial charge on any atom is -0.493 e. The number of para-hydroxylation sites is 1. The molecule has 1 aromatic carbocycles. The van der Waals surface area contributed by atoms with Crippen molar-refractivity contribution >= 4 is 5.91 Å². The standard InChI is InChI=1S/C17H21F2NO2/c1-2-12-4-3-5-13-14(6-7-22-16(12)13)20-15(21)8-11-9-17(18,19)10-11/h3-5,11,14H,2,6-10H2,1H3,(H,20,21). The Hall–Kier alpha value is -1.65. The Kier molecular flexibility index (Phi) is 4.06. The molecule has 3 nitrogen and oxygen atoms in total. The van der Waals surface area contributed by atoms with E-state index in [0.717, 1.165) is 23.3 Å². The fraction of sp³-hybridized carbons (Fsp3) is 0.588. The first-order valence-electron chi connectivity index (χ1n) is 7.90. The van der Waals surface area contributed by atoms with E-state index in [0.29, 0.717) is 13.0 Å². The molecule has 1 fully saturated rings. The zero-order valence-electron chi connectivity index (χ0n) is 12.7. The van der Waals surface area contributed by atoms with Gasteiger partial charge in [-0.1, -0.05) is 25.1 Å². The van der Waals surface area contributed by atoms with Gasteiger partial charge in [-0.3, -0.25) is 4.79 Å². The fourth-order valence-electron chi connectivity index (χ4n) is 3.36. The number of carbonyl (C=O) groups is 1. The van der Waals surface area contributed by atoms with Crippen molar-refractivity contribution in [1.82, 2.24) is 5.32 Å². The van der Waals surface area contributed by atoms with Crippen LogP contribution in [0.25, 0.3) is 0 Å². The number of amides is 1. The average molecular weight is 309 g/mol. The second-order valence-electron chi connectivity index (χ2n) is 6.28. The highest BCUT2D eigenvalue weighted by molar-refractivity contribution is 5.77. The molecule has 1 unspecified atom stereocenters. The Labute approximate surface area is 129 Å². The largest absolute Gasteiger partial charge is 0.493 e. The van der Waals surface area contributed by atoms with Gasteiger partial charge in [-0.05, 0) is 17.9 Å². The Balaban J connectivity index is 1.64. The molecular formula is C17H21F2NO2. The van der Waals surface area contributed by atoms with Crippen LogP contribution in [0.1, 0.15) is 49.8 Å². The molecule has 1 aromatic rings. The summed E-state index contributed by atoms with van der Waals surface area (Å²) in [6, 6.07) is 5.89. The van der Waals surface area contributed by atoms with Crippen molar-refractivity contribution in [2.24, 2.45) is 5.92 Å². The summed E-state index contributed by atoms with van der Waals surface area (Å²) in [6.07, 6.45) is 1.46. The summed E-state index contributed by atoms with van der Waals surface area (Å²) in [6.45, 7) is 2.63. The van der Waals surface area contributed by atoms with Crippen molar-refractivity contribution in [3.63, 3.8) is 0 Å². The second-order valence-corrected chi connectivity index (χ2v) is 6.28. The molecule has 1 saturated carbocycles. The number of rotatable bonds is 4. The van der Waals surface area contributed by atoms with Crippen LogP contribution in [-0.4, -0.2) is 18.4 Å². The summed E-state index contributed by atoms with van der Waals surface area (Å²) >= 11 is 0. The number of alkyl halides is 2. The third-order valence-electron chi connectivity index (χ3n) is 4.52. The van der Waals surface area contributed by atoms with E-state index in [1.165, 1.54) is 0 Å². The SMILES string of the molecule is CCc1cccc2c1OCCC2NC(=O)CC1CC(F)(F)C1. The molecule has 1 heterocycles. The lowest BCUT2D eigenvalue weighted by Crippen LogP contribution is -2.40. The molecule has 3 rings (SSSR count). The molecule has 5 heteroatoms. The van der Waals surface area contributed by atoms with Gasteiger partial charge in [-0.2, -0.15) is 0 Å². The second kappa shape index (κ2) is 5.86. The summed E-state index contributed by atoms with van der Waals surface area (Å²) in [4.78, 5) is 12.1. The molecule has 0 bridgehead atoms. The first-order valence-corrected chi connectivity index (χ1v) is 7.90. The Morgan fingerprint density at radius 2 is 2.18 bits per heavy atom. The molecule has 0 radical (unpaired) electrons. The van der Waals surface area contributed by atoms with Gasteiger partial charge in [0.1, 0.15) is 5.75 Å². The molecule has 1 N–H and O–H groups in total. The van der Waals surface area contributed by atoms with Crippen molar-refractivity contribution in [2.75, 3.05) is 6.61 Å². The summed E-state index contributed by atoms with van der Waals surface area (Å²) in [5.41, 5.74) is 2.13. The van der Waals surface area contributed by atoms with Crippen LogP contribution in [0.5, 0.6) is 5.75 Å². The number of halogens is 2. The van der Waals surface area contributed by atoms with E-state index >= 15 is 0 Å². The van der Waals surface area contributed by atoms with Gasteiger partial charge < -0.3 is 10.1 Å². The predicted molar refractivity (Wildman–Crippen MR) is 79.1 cm³/mol. The lowest BCUT2D eigenvalue weighted by atomic mass is 9.79. The molecule has 0 spiro atoms. The van der Waals surface area contributed by atoms with E-state index in [2.05, 4.69) is 12.2 Å². The molecule has 0 saturated heterocycles. The maximum absolute atomic E-state index is 12.8. The molecule has 1 aliphatic heterocycles. The van der Waals surface area contributed by atoms with Gasteiger partial charge in [-0.25, -0.2) is 8.78 Å². The first-order chi connectivity index (χ1) is 10.5. The molecule has 22 heavy (non-hydrogen) atoms. The smallest absolute Gasteiger partial charge is 0.248 e. The minimum absolute atomic E-state index is 0.0802. The quantitative estimate of drug-likeness (QED) is 0.922. The zero-order valence-corrected chi connectivity index (χ0v) is 12.7. The Morgan fingerprint density at radius 3 is 2.86 bits per heavy atom.